The van der Waals surface area contributed by atoms with Crippen LogP contribution in [0, 0.1) is 6.92 Å². The molecule has 0 aliphatic carbocycles. The molecule has 0 radical (unpaired) electrons. The lowest BCUT2D eigenvalue weighted by atomic mass is 10.0. The maximum absolute atomic E-state index is 13.3. The number of alkyl halides is 3. The number of ether oxygens (including phenoxy) is 2. The third-order valence-corrected chi connectivity index (χ3v) is 6.21. The number of nitrogens with one attached hydrogen (secondary N) is 1. The summed E-state index contributed by atoms with van der Waals surface area (Å²) in [6.07, 6.45) is -4.77. The van der Waals surface area contributed by atoms with Gasteiger partial charge >= 0.3 is 12.1 Å². The van der Waals surface area contributed by atoms with Crippen molar-refractivity contribution >= 4 is 21.7 Å². The van der Waals surface area contributed by atoms with Crippen LogP contribution in [0.3, 0.4) is 0 Å². The molecule has 0 saturated carbocycles. The van der Waals surface area contributed by atoms with Crippen molar-refractivity contribution in [3.05, 3.63) is 77.4 Å². The van der Waals surface area contributed by atoms with Crippen molar-refractivity contribution in [3.63, 3.8) is 0 Å². The standard InChI is InChI=1S/C23H20F3NO5S/c1-14-11-17(23(24,25)26)13-20(21(14)31-2)33(29,30)27-19-12-16(15-7-5-4-6-8-15)9-10-18(19)22(28)32-3/h4-13,27H,1-3H3. The van der Waals surface area contributed by atoms with Gasteiger partial charge in [-0.1, -0.05) is 36.4 Å². The molecular formula is C23H20F3NO5S. The molecule has 0 aliphatic heterocycles. The lowest BCUT2D eigenvalue weighted by Gasteiger charge is -2.18. The number of hydrogen-bond donors (Lipinski definition) is 1. The summed E-state index contributed by atoms with van der Waals surface area (Å²) >= 11 is 0. The zero-order valence-corrected chi connectivity index (χ0v) is 18.7. The van der Waals surface area contributed by atoms with Gasteiger partial charge in [0.15, 0.2) is 0 Å². The number of sulfonamides is 1. The molecule has 1 N–H and O–H groups in total. The number of hydrogen-bond acceptors (Lipinski definition) is 5. The summed E-state index contributed by atoms with van der Waals surface area (Å²) in [5.41, 5.74) is -0.106. The van der Waals surface area contributed by atoms with Gasteiger partial charge in [-0.25, -0.2) is 13.2 Å². The first-order valence-corrected chi connectivity index (χ1v) is 11.0. The van der Waals surface area contributed by atoms with Gasteiger partial charge in [0.25, 0.3) is 10.0 Å². The summed E-state index contributed by atoms with van der Waals surface area (Å²) in [5, 5.41) is 0. The molecule has 0 saturated heterocycles. The predicted octanol–water partition coefficient (Wildman–Crippen LogP) is 5.28. The minimum absolute atomic E-state index is 0.0149. The van der Waals surface area contributed by atoms with Crippen molar-refractivity contribution in [1.29, 1.82) is 0 Å². The van der Waals surface area contributed by atoms with Gasteiger partial charge in [0, 0.05) is 0 Å². The highest BCUT2D eigenvalue weighted by atomic mass is 32.2. The maximum Gasteiger partial charge on any atom is 0.416 e. The van der Waals surface area contributed by atoms with E-state index in [1.54, 1.807) is 36.4 Å². The molecule has 0 atom stereocenters. The Labute approximate surface area is 189 Å². The molecule has 33 heavy (non-hydrogen) atoms. The van der Waals surface area contributed by atoms with Crippen LogP contribution in [-0.4, -0.2) is 28.6 Å². The molecule has 3 aromatic rings. The number of carbonyl (C=O) groups excluding carboxylic acids is 1. The van der Waals surface area contributed by atoms with E-state index in [1.165, 1.54) is 19.1 Å². The van der Waals surface area contributed by atoms with Gasteiger partial charge in [-0.15, -0.1) is 0 Å². The molecule has 3 aromatic carbocycles. The quantitative estimate of drug-likeness (QED) is 0.487. The molecule has 0 heterocycles. The van der Waals surface area contributed by atoms with E-state index < -0.39 is 32.6 Å². The fourth-order valence-corrected chi connectivity index (χ4v) is 4.63. The zero-order chi connectivity index (χ0) is 24.4. The molecule has 0 spiro atoms. The predicted molar refractivity (Wildman–Crippen MR) is 117 cm³/mol. The largest absolute Gasteiger partial charge is 0.495 e. The number of aryl methyl sites for hydroxylation is 1. The Morgan fingerprint density at radius 2 is 1.61 bits per heavy atom. The monoisotopic (exact) mass is 479 g/mol. The lowest BCUT2D eigenvalue weighted by Crippen LogP contribution is -2.18. The van der Waals surface area contributed by atoms with Crippen LogP contribution in [-0.2, 0) is 20.9 Å². The third-order valence-electron chi connectivity index (χ3n) is 4.84. The number of rotatable bonds is 6. The lowest BCUT2D eigenvalue weighted by molar-refractivity contribution is -0.137. The van der Waals surface area contributed by atoms with Gasteiger partial charge in [0.1, 0.15) is 10.6 Å². The van der Waals surface area contributed by atoms with E-state index in [1.807, 2.05) is 0 Å². The molecule has 174 valence electrons. The smallest absolute Gasteiger partial charge is 0.416 e. The third kappa shape index (κ3) is 5.11. The molecule has 0 aliphatic rings. The number of benzene rings is 3. The SMILES string of the molecule is COC(=O)c1ccc(-c2ccccc2)cc1NS(=O)(=O)c1cc(C(F)(F)F)cc(C)c1OC. The topological polar surface area (TPSA) is 81.7 Å². The molecule has 10 heteroatoms. The minimum Gasteiger partial charge on any atom is -0.495 e. The van der Waals surface area contributed by atoms with Gasteiger partial charge in [-0.05, 0) is 47.9 Å². The second kappa shape index (κ2) is 9.14. The van der Waals surface area contributed by atoms with Crippen molar-refractivity contribution in [2.45, 2.75) is 18.0 Å². The molecule has 0 bridgehead atoms. The minimum atomic E-state index is -4.77. The van der Waals surface area contributed by atoms with E-state index in [4.69, 9.17) is 9.47 Å². The number of anilines is 1. The summed E-state index contributed by atoms with van der Waals surface area (Å²) in [4.78, 5) is 11.5. The Morgan fingerprint density at radius 1 is 0.939 bits per heavy atom. The zero-order valence-electron chi connectivity index (χ0n) is 17.9. The fourth-order valence-electron chi connectivity index (χ4n) is 3.29. The normalized spacial score (nSPS) is 11.7. The van der Waals surface area contributed by atoms with E-state index >= 15 is 0 Å². The number of esters is 1. The highest BCUT2D eigenvalue weighted by Crippen LogP contribution is 2.38. The summed E-state index contributed by atoms with van der Waals surface area (Å²) in [5.74, 6) is -1.06. The van der Waals surface area contributed by atoms with Gasteiger partial charge in [0.2, 0.25) is 0 Å². The van der Waals surface area contributed by atoms with Crippen LogP contribution in [0.4, 0.5) is 18.9 Å². The van der Waals surface area contributed by atoms with Gasteiger partial charge < -0.3 is 9.47 Å². The van der Waals surface area contributed by atoms with E-state index in [0.29, 0.717) is 11.6 Å². The van der Waals surface area contributed by atoms with Crippen molar-refractivity contribution in [2.24, 2.45) is 0 Å². The van der Waals surface area contributed by atoms with Crippen molar-refractivity contribution in [2.75, 3.05) is 18.9 Å². The van der Waals surface area contributed by atoms with Crippen LogP contribution >= 0.6 is 0 Å². The second-order valence-corrected chi connectivity index (χ2v) is 8.70. The first-order valence-electron chi connectivity index (χ1n) is 9.54. The second-order valence-electron chi connectivity index (χ2n) is 7.05. The molecule has 6 nitrogen and oxygen atoms in total. The Bertz CT molecular complexity index is 1290. The summed E-state index contributed by atoms with van der Waals surface area (Å²) in [6, 6.07) is 14.6. The van der Waals surface area contributed by atoms with Crippen LogP contribution in [0.1, 0.15) is 21.5 Å². The molecule has 0 fully saturated rings. The molecular weight excluding hydrogens is 459 g/mol. The van der Waals surface area contributed by atoms with Crippen molar-refractivity contribution < 1.29 is 35.9 Å². The number of carbonyl (C=O) groups is 1. The highest BCUT2D eigenvalue weighted by Gasteiger charge is 2.34. The van der Waals surface area contributed by atoms with Crippen molar-refractivity contribution in [1.82, 2.24) is 0 Å². The fraction of sp³-hybridized carbons (Fsp3) is 0.174. The maximum atomic E-state index is 13.3. The average molecular weight is 479 g/mol. The van der Waals surface area contributed by atoms with Crippen LogP contribution in [0.15, 0.2) is 65.6 Å². The van der Waals surface area contributed by atoms with Crippen LogP contribution < -0.4 is 9.46 Å². The van der Waals surface area contributed by atoms with Gasteiger partial charge in [-0.3, -0.25) is 4.72 Å². The van der Waals surface area contributed by atoms with E-state index in [9.17, 15) is 26.4 Å². The number of methoxy groups -OCH3 is 2. The summed E-state index contributed by atoms with van der Waals surface area (Å²) in [7, 11) is -2.32. The van der Waals surface area contributed by atoms with E-state index in [2.05, 4.69) is 4.72 Å². The van der Waals surface area contributed by atoms with E-state index in [-0.39, 0.29) is 22.6 Å². The first kappa shape index (κ1) is 24.1. The average Bonchev–Trinajstić information content (AvgIpc) is 2.77. The van der Waals surface area contributed by atoms with E-state index in [0.717, 1.165) is 25.8 Å². The molecule has 3 rings (SSSR count). The van der Waals surface area contributed by atoms with Crippen LogP contribution in [0.25, 0.3) is 11.1 Å². The first-order chi connectivity index (χ1) is 15.5. The highest BCUT2D eigenvalue weighted by molar-refractivity contribution is 7.92. The Morgan fingerprint density at radius 3 is 2.18 bits per heavy atom. The molecule has 0 amide bonds. The summed E-state index contributed by atoms with van der Waals surface area (Å²) < 4.78 is 78.5. The van der Waals surface area contributed by atoms with Crippen LogP contribution in [0.5, 0.6) is 5.75 Å². The summed E-state index contributed by atoms with van der Waals surface area (Å²) in [6.45, 7) is 1.31. The van der Waals surface area contributed by atoms with Crippen LogP contribution in [0.2, 0.25) is 0 Å². The van der Waals surface area contributed by atoms with Gasteiger partial charge in [-0.2, -0.15) is 13.2 Å². The Kier molecular flexibility index (Phi) is 6.68. The van der Waals surface area contributed by atoms with Crippen molar-refractivity contribution in [3.8, 4) is 16.9 Å². The van der Waals surface area contributed by atoms with Gasteiger partial charge in [0.05, 0.1) is 31.0 Å². The Hall–Kier alpha value is -3.53. The molecule has 0 unspecified atom stereocenters. The Balaban J connectivity index is 2.17. The molecule has 0 aromatic heterocycles. The number of halogens is 3.